The lowest BCUT2D eigenvalue weighted by Crippen LogP contribution is -2.22. The van der Waals surface area contributed by atoms with Gasteiger partial charge in [0.05, 0.1) is 0 Å². The summed E-state index contributed by atoms with van der Waals surface area (Å²) in [5, 5.41) is 12.1. The maximum atomic E-state index is 9.84. The van der Waals surface area contributed by atoms with Crippen LogP contribution in [-0.4, -0.2) is 25.2 Å². The Hall–Kier alpha value is 0.250. The normalized spacial score (nSPS) is 8.09. The summed E-state index contributed by atoms with van der Waals surface area (Å²) in [4.78, 5) is 9.56. The number of aliphatic carboxylic acids is 1. The van der Waals surface area contributed by atoms with Crippen LogP contribution in [0.15, 0.2) is 0 Å². The number of hydrogen-bond acceptors (Lipinski definition) is 3. The fourth-order valence-electron chi connectivity index (χ4n) is 0.172. The average Bonchev–Trinajstić information content (AvgIpc) is 1.21. The Morgan fingerprint density at radius 2 is 1.55 bits per heavy atom. The zero-order valence-electron chi connectivity index (χ0n) is 5.09. The number of carboxylic acids is 1. The van der Waals surface area contributed by atoms with E-state index in [-0.39, 0.29) is 37.2 Å². The van der Waals surface area contributed by atoms with Gasteiger partial charge in [-0.2, -0.15) is 0 Å². The minimum Gasteiger partial charge on any atom is -0.480 e. The van der Waals surface area contributed by atoms with Crippen LogP contribution < -0.4 is 5.14 Å². The first-order valence-corrected chi connectivity index (χ1v) is 3.35. The minimum atomic E-state index is -3.82. The standard InChI is InChI=1S/C2H5NO4S.3ClH/c3-8(6,7)1-2(4)5;;;/h1H2,(H,4,5)(H2,3,6,7);3*1H. The molecule has 0 radical (unpaired) electrons. The molecule has 0 fully saturated rings. The van der Waals surface area contributed by atoms with Crippen molar-refractivity contribution in [3.05, 3.63) is 0 Å². The van der Waals surface area contributed by atoms with Gasteiger partial charge in [-0.15, -0.1) is 37.2 Å². The highest BCUT2D eigenvalue weighted by Crippen LogP contribution is 1.73. The summed E-state index contributed by atoms with van der Waals surface area (Å²) >= 11 is 0. The van der Waals surface area contributed by atoms with Crippen molar-refractivity contribution in [1.29, 1.82) is 0 Å². The summed E-state index contributed by atoms with van der Waals surface area (Å²) < 4.78 is 19.7. The molecule has 3 N–H and O–H groups in total. The van der Waals surface area contributed by atoms with E-state index in [1.54, 1.807) is 0 Å². The van der Waals surface area contributed by atoms with Gasteiger partial charge in [0.25, 0.3) is 0 Å². The van der Waals surface area contributed by atoms with E-state index in [0.29, 0.717) is 0 Å². The van der Waals surface area contributed by atoms with Crippen molar-refractivity contribution in [3.8, 4) is 0 Å². The monoisotopic (exact) mass is 247 g/mol. The van der Waals surface area contributed by atoms with Crippen molar-refractivity contribution in [2.75, 3.05) is 5.75 Å². The molecule has 0 aromatic heterocycles. The first kappa shape index (κ1) is 22.5. The third-order valence-corrected chi connectivity index (χ3v) is 0.974. The van der Waals surface area contributed by atoms with Gasteiger partial charge < -0.3 is 5.11 Å². The van der Waals surface area contributed by atoms with E-state index in [0.717, 1.165) is 0 Å². The highest BCUT2D eigenvalue weighted by atomic mass is 35.5. The van der Waals surface area contributed by atoms with Crippen molar-refractivity contribution in [2.24, 2.45) is 5.14 Å². The van der Waals surface area contributed by atoms with Crippen LogP contribution in [0.4, 0.5) is 0 Å². The number of rotatable bonds is 2. The summed E-state index contributed by atoms with van der Waals surface area (Å²) in [6.45, 7) is 0. The summed E-state index contributed by atoms with van der Waals surface area (Å²) in [6.07, 6.45) is 0. The molecule has 0 heterocycles. The average molecular weight is 249 g/mol. The summed E-state index contributed by atoms with van der Waals surface area (Å²) in [7, 11) is -3.82. The first-order valence-electron chi connectivity index (χ1n) is 1.64. The molecule has 0 amide bonds. The van der Waals surface area contributed by atoms with Crippen molar-refractivity contribution in [3.63, 3.8) is 0 Å². The maximum absolute atomic E-state index is 9.84. The van der Waals surface area contributed by atoms with Crippen LogP contribution in [0, 0.1) is 0 Å². The zero-order valence-corrected chi connectivity index (χ0v) is 8.36. The highest BCUT2D eigenvalue weighted by molar-refractivity contribution is 7.89. The number of primary sulfonamides is 1. The van der Waals surface area contributed by atoms with E-state index in [1.807, 2.05) is 0 Å². The molecule has 0 aliphatic carbocycles. The van der Waals surface area contributed by atoms with Gasteiger partial charge in [0.2, 0.25) is 10.0 Å². The summed E-state index contributed by atoms with van der Waals surface area (Å²) in [5.74, 6) is -2.44. The smallest absolute Gasteiger partial charge is 0.320 e. The third kappa shape index (κ3) is 25.3. The molecule has 0 aromatic rings. The second kappa shape index (κ2) is 8.35. The molecule has 0 unspecified atom stereocenters. The van der Waals surface area contributed by atoms with Crippen LogP contribution in [0.5, 0.6) is 0 Å². The third-order valence-electron chi connectivity index (χ3n) is 0.325. The first-order chi connectivity index (χ1) is 3.42. The number of carbonyl (C=O) groups is 1. The highest BCUT2D eigenvalue weighted by Gasteiger charge is 2.07. The predicted molar refractivity (Wildman–Crippen MR) is 47.4 cm³/mol. The van der Waals surface area contributed by atoms with E-state index in [9.17, 15) is 13.2 Å². The van der Waals surface area contributed by atoms with Crippen LogP contribution in [0.2, 0.25) is 0 Å². The molecule has 9 heteroatoms. The molecule has 0 rings (SSSR count). The largest absolute Gasteiger partial charge is 0.480 e. The predicted octanol–water partition coefficient (Wildman–Crippen LogP) is -0.375. The molecule has 0 saturated carbocycles. The van der Waals surface area contributed by atoms with Crippen LogP contribution in [0.3, 0.4) is 0 Å². The molecule has 0 saturated heterocycles. The lowest BCUT2D eigenvalue weighted by atomic mass is 10.8. The van der Waals surface area contributed by atoms with Gasteiger partial charge in [0.15, 0.2) is 5.75 Å². The van der Waals surface area contributed by atoms with Crippen molar-refractivity contribution >= 4 is 53.2 Å². The van der Waals surface area contributed by atoms with E-state index < -0.39 is 21.7 Å². The summed E-state index contributed by atoms with van der Waals surface area (Å²) in [6, 6.07) is 0. The van der Waals surface area contributed by atoms with E-state index in [2.05, 4.69) is 5.14 Å². The van der Waals surface area contributed by atoms with Gasteiger partial charge >= 0.3 is 5.97 Å². The Morgan fingerprint density at radius 1 is 1.27 bits per heavy atom. The Balaban J connectivity index is -0.0000000817. The maximum Gasteiger partial charge on any atom is 0.320 e. The van der Waals surface area contributed by atoms with E-state index >= 15 is 0 Å². The topological polar surface area (TPSA) is 97.5 Å². The Morgan fingerprint density at radius 3 is 1.55 bits per heavy atom. The molecule has 0 aromatic carbocycles. The fourth-order valence-corrected chi connectivity index (χ4v) is 0.516. The molecule has 0 atom stereocenters. The number of carboxylic acid groups (broad SMARTS) is 1. The second-order valence-electron chi connectivity index (χ2n) is 1.20. The summed E-state index contributed by atoms with van der Waals surface area (Å²) in [5.41, 5.74) is 0. The van der Waals surface area contributed by atoms with Gasteiger partial charge in [-0.25, -0.2) is 13.6 Å². The minimum absolute atomic E-state index is 0. The fraction of sp³-hybridized carbons (Fsp3) is 0.500. The molecule has 72 valence electrons. The Kier molecular flexibility index (Phi) is 17.1. The molecular formula is C2H8Cl3NO4S. The molecule has 0 aliphatic rings. The number of sulfonamides is 1. The van der Waals surface area contributed by atoms with Gasteiger partial charge in [-0.1, -0.05) is 0 Å². The van der Waals surface area contributed by atoms with Crippen LogP contribution in [-0.2, 0) is 14.8 Å². The molecule has 5 nitrogen and oxygen atoms in total. The molecule has 0 spiro atoms. The molecule has 0 bridgehead atoms. The SMILES string of the molecule is Cl.Cl.Cl.NS(=O)(=O)CC(=O)O. The Labute approximate surface area is 82.6 Å². The number of nitrogens with two attached hydrogens (primary N) is 1. The van der Waals surface area contributed by atoms with Crippen LogP contribution in [0.1, 0.15) is 0 Å². The van der Waals surface area contributed by atoms with Crippen molar-refractivity contribution in [2.45, 2.75) is 0 Å². The van der Waals surface area contributed by atoms with Crippen LogP contribution >= 0.6 is 37.2 Å². The lowest BCUT2D eigenvalue weighted by Gasteiger charge is -1.86. The van der Waals surface area contributed by atoms with Gasteiger partial charge in [0.1, 0.15) is 0 Å². The molecular weight excluding hydrogens is 240 g/mol. The van der Waals surface area contributed by atoms with Crippen molar-refractivity contribution in [1.82, 2.24) is 0 Å². The Bertz CT molecular complexity index is 190. The van der Waals surface area contributed by atoms with Gasteiger partial charge in [0, 0.05) is 0 Å². The van der Waals surface area contributed by atoms with Gasteiger partial charge in [-0.3, -0.25) is 4.79 Å². The number of hydrogen-bond donors (Lipinski definition) is 2. The van der Waals surface area contributed by atoms with Crippen LogP contribution in [0.25, 0.3) is 0 Å². The zero-order chi connectivity index (χ0) is 6.78. The second-order valence-corrected chi connectivity index (χ2v) is 2.82. The van der Waals surface area contributed by atoms with E-state index in [1.165, 1.54) is 0 Å². The molecule has 11 heavy (non-hydrogen) atoms. The quantitative estimate of drug-likeness (QED) is 0.696. The number of halogens is 3. The van der Waals surface area contributed by atoms with Gasteiger partial charge in [-0.05, 0) is 0 Å². The lowest BCUT2D eigenvalue weighted by molar-refractivity contribution is -0.134. The molecule has 0 aliphatic heterocycles. The van der Waals surface area contributed by atoms with Crippen molar-refractivity contribution < 1.29 is 18.3 Å². The van der Waals surface area contributed by atoms with E-state index in [4.69, 9.17) is 5.11 Å².